The van der Waals surface area contributed by atoms with Crippen LogP contribution in [0.2, 0.25) is 0 Å². The molecule has 4 heteroatoms. The van der Waals surface area contributed by atoms with Gasteiger partial charge in [-0.2, -0.15) is 5.10 Å². The number of nitrogens with zero attached hydrogens (tertiary/aromatic N) is 2. The van der Waals surface area contributed by atoms with Crippen LogP contribution in [0, 0.1) is 0 Å². The van der Waals surface area contributed by atoms with Gasteiger partial charge < -0.3 is 5.32 Å². The van der Waals surface area contributed by atoms with Crippen LogP contribution >= 0.6 is 15.9 Å². The van der Waals surface area contributed by atoms with Gasteiger partial charge in [0.2, 0.25) is 0 Å². The molecule has 0 aliphatic heterocycles. The lowest BCUT2D eigenvalue weighted by molar-refractivity contribution is 0.578. The van der Waals surface area contributed by atoms with Crippen LogP contribution in [0.15, 0.2) is 10.7 Å². The molecule has 0 radical (unpaired) electrons. The molecule has 1 saturated carbocycles. The largest absolute Gasteiger partial charge is 0.308 e. The molecule has 1 aromatic rings. The smallest absolute Gasteiger partial charge is 0.0664 e. The van der Waals surface area contributed by atoms with Crippen molar-refractivity contribution in [1.29, 1.82) is 0 Å². The Labute approximate surface area is 86.6 Å². The van der Waals surface area contributed by atoms with Gasteiger partial charge in [-0.05, 0) is 35.7 Å². The van der Waals surface area contributed by atoms with E-state index < -0.39 is 0 Å². The maximum absolute atomic E-state index is 4.26. The molecule has 1 heterocycles. The highest BCUT2D eigenvalue weighted by atomic mass is 79.9. The molecule has 0 spiro atoms. The number of rotatable bonds is 4. The summed E-state index contributed by atoms with van der Waals surface area (Å²) in [5.41, 5.74) is 1.26. The molecule has 1 aliphatic carbocycles. The molecule has 1 aliphatic rings. The fourth-order valence-corrected chi connectivity index (χ4v) is 1.80. The summed E-state index contributed by atoms with van der Waals surface area (Å²) in [5, 5.41) is 7.75. The summed E-state index contributed by atoms with van der Waals surface area (Å²) in [6, 6.07) is 0.757. The van der Waals surface area contributed by atoms with E-state index in [4.69, 9.17) is 0 Å². The predicted molar refractivity (Wildman–Crippen MR) is 55.5 cm³/mol. The van der Waals surface area contributed by atoms with Gasteiger partial charge >= 0.3 is 0 Å². The Hall–Kier alpha value is -0.350. The molecule has 2 rings (SSSR count). The summed E-state index contributed by atoms with van der Waals surface area (Å²) in [6.07, 6.45) is 4.53. The van der Waals surface area contributed by atoms with Crippen LogP contribution in [0.1, 0.15) is 25.5 Å². The molecule has 0 aromatic carbocycles. The molecular weight excluding hydrogens is 230 g/mol. The minimum atomic E-state index is 0.757. The highest BCUT2D eigenvalue weighted by molar-refractivity contribution is 9.10. The Morgan fingerprint density at radius 3 is 3.08 bits per heavy atom. The van der Waals surface area contributed by atoms with E-state index in [2.05, 4.69) is 33.3 Å². The summed E-state index contributed by atoms with van der Waals surface area (Å²) in [6.45, 7) is 3.98. The average Bonchev–Trinajstić information content (AvgIpc) is 2.88. The fourth-order valence-electron chi connectivity index (χ4n) is 1.36. The molecule has 0 bridgehead atoms. The van der Waals surface area contributed by atoms with Gasteiger partial charge in [0.25, 0.3) is 0 Å². The number of hydrogen-bond donors (Lipinski definition) is 1. The zero-order valence-corrected chi connectivity index (χ0v) is 9.34. The van der Waals surface area contributed by atoms with Crippen LogP contribution in [0.4, 0.5) is 0 Å². The third kappa shape index (κ3) is 2.11. The molecule has 0 saturated heterocycles. The van der Waals surface area contributed by atoms with Crippen LogP contribution in [-0.4, -0.2) is 15.8 Å². The first-order chi connectivity index (χ1) is 6.31. The SMILES string of the molecule is CCn1ncc(Br)c1CNC1CC1. The van der Waals surface area contributed by atoms with Gasteiger partial charge in [0.15, 0.2) is 0 Å². The van der Waals surface area contributed by atoms with Crippen molar-refractivity contribution < 1.29 is 0 Å². The summed E-state index contributed by atoms with van der Waals surface area (Å²) in [5.74, 6) is 0. The highest BCUT2D eigenvalue weighted by Crippen LogP contribution is 2.21. The molecule has 3 nitrogen and oxygen atoms in total. The van der Waals surface area contributed by atoms with Crippen molar-refractivity contribution in [2.75, 3.05) is 0 Å². The summed E-state index contributed by atoms with van der Waals surface area (Å²) in [7, 11) is 0. The topological polar surface area (TPSA) is 29.9 Å². The Morgan fingerprint density at radius 1 is 1.69 bits per heavy atom. The molecule has 13 heavy (non-hydrogen) atoms. The molecule has 0 unspecified atom stereocenters. The van der Waals surface area contributed by atoms with Crippen molar-refractivity contribution in [3.8, 4) is 0 Å². The minimum absolute atomic E-state index is 0.757. The van der Waals surface area contributed by atoms with Crippen molar-refractivity contribution in [3.05, 3.63) is 16.4 Å². The van der Waals surface area contributed by atoms with Crippen LogP contribution in [0.5, 0.6) is 0 Å². The van der Waals surface area contributed by atoms with Gasteiger partial charge in [-0.3, -0.25) is 4.68 Å². The van der Waals surface area contributed by atoms with Gasteiger partial charge in [-0.15, -0.1) is 0 Å². The molecule has 1 fully saturated rings. The van der Waals surface area contributed by atoms with Gasteiger partial charge in [-0.25, -0.2) is 0 Å². The number of aromatic nitrogens is 2. The van der Waals surface area contributed by atoms with E-state index in [0.29, 0.717) is 0 Å². The Morgan fingerprint density at radius 2 is 2.46 bits per heavy atom. The normalized spacial score (nSPS) is 16.5. The first-order valence-electron chi connectivity index (χ1n) is 4.75. The van der Waals surface area contributed by atoms with Crippen LogP contribution in [-0.2, 0) is 13.1 Å². The van der Waals surface area contributed by atoms with Crippen molar-refractivity contribution in [3.63, 3.8) is 0 Å². The molecule has 1 aromatic heterocycles. The Balaban J connectivity index is 2.02. The second-order valence-corrected chi connectivity index (χ2v) is 4.26. The first kappa shape index (κ1) is 9.21. The second kappa shape index (κ2) is 3.80. The number of hydrogen-bond acceptors (Lipinski definition) is 2. The van der Waals surface area contributed by atoms with Gasteiger partial charge in [0.1, 0.15) is 0 Å². The predicted octanol–water partition coefficient (Wildman–Crippen LogP) is 1.92. The number of nitrogens with one attached hydrogen (secondary N) is 1. The van der Waals surface area contributed by atoms with Crippen LogP contribution in [0.3, 0.4) is 0 Å². The van der Waals surface area contributed by atoms with E-state index in [1.807, 2.05) is 10.9 Å². The molecule has 0 amide bonds. The lowest BCUT2D eigenvalue weighted by Crippen LogP contribution is -2.18. The standard InChI is InChI=1S/C9H14BrN3/c1-2-13-9(8(10)5-12-13)6-11-7-3-4-7/h5,7,11H,2-4,6H2,1H3. The van der Waals surface area contributed by atoms with Crippen molar-refractivity contribution in [1.82, 2.24) is 15.1 Å². The first-order valence-corrected chi connectivity index (χ1v) is 5.54. The van der Waals surface area contributed by atoms with E-state index in [1.165, 1.54) is 18.5 Å². The molecule has 0 atom stereocenters. The number of aryl methyl sites for hydroxylation is 1. The molecule has 1 N–H and O–H groups in total. The zero-order valence-electron chi connectivity index (χ0n) is 7.76. The third-order valence-corrected chi connectivity index (χ3v) is 3.00. The van der Waals surface area contributed by atoms with Crippen LogP contribution < -0.4 is 5.32 Å². The summed E-state index contributed by atoms with van der Waals surface area (Å²) in [4.78, 5) is 0. The summed E-state index contributed by atoms with van der Waals surface area (Å²) < 4.78 is 3.14. The lowest BCUT2D eigenvalue weighted by atomic mass is 10.4. The third-order valence-electron chi connectivity index (χ3n) is 2.33. The molecule has 72 valence electrons. The Kier molecular flexibility index (Phi) is 2.69. The monoisotopic (exact) mass is 243 g/mol. The van der Waals surface area contributed by atoms with E-state index in [-0.39, 0.29) is 0 Å². The van der Waals surface area contributed by atoms with Gasteiger partial charge in [-0.1, -0.05) is 0 Å². The molecular formula is C9H14BrN3. The zero-order chi connectivity index (χ0) is 9.26. The maximum Gasteiger partial charge on any atom is 0.0664 e. The average molecular weight is 244 g/mol. The quantitative estimate of drug-likeness (QED) is 0.876. The lowest BCUT2D eigenvalue weighted by Gasteiger charge is -2.06. The van der Waals surface area contributed by atoms with E-state index in [9.17, 15) is 0 Å². The van der Waals surface area contributed by atoms with Crippen molar-refractivity contribution >= 4 is 15.9 Å². The minimum Gasteiger partial charge on any atom is -0.308 e. The summed E-state index contributed by atoms with van der Waals surface area (Å²) >= 11 is 3.51. The highest BCUT2D eigenvalue weighted by Gasteiger charge is 2.21. The number of halogens is 1. The fraction of sp³-hybridized carbons (Fsp3) is 0.667. The van der Waals surface area contributed by atoms with Gasteiger partial charge in [0, 0.05) is 19.1 Å². The van der Waals surface area contributed by atoms with Gasteiger partial charge in [0.05, 0.1) is 16.4 Å². The maximum atomic E-state index is 4.26. The second-order valence-electron chi connectivity index (χ2n) is 3.41. The Bertz CT molecular complexity index is 291. The van der Waals surface area contributed by atoms with Crippen molar-refractivity contribution in [2.45, 2.75) is 38.9 Å². The van der Waals surface area contributed by atoms with Crippen molar-refractivity contribution in [2.24, 2.45) is 0 Å². The van der Waals surface area contributed by atoms with E-state index >= 15 is 0 Å². The van der Waals surface area contributed by atoms with E-state index in [1.54, 1.807) is 0 Å². The van der Waals surface area contributed by atoms with Crippen LogP contribution in [0.25, 0.3) is 0 Å². The van der Waals surface area contributed by atoms with E-state index in [0.717, 1.165) is 23.6 Å².